The van der Waals surface area contributed by atoms with Crippen molar-refractivity contribution in [2.24, 2.45) is 0 Å². The van der Waals surface area contributed by atoms with Crippen molar-refractivity contribution in [2.45, 2.75) is 141 Å². The molecule has 8 amide bonds. The molecule has 4 saturated heterocycles. The monoisotopic (exact) mass is 984 g/mol. The van der Waals surface area contributed by atoms with Crippen molar-refractivity contribution in [1.29, 1.82) is 0 Å². The molecule has 372 valence electrons. The largest absolute Gasteiger partial charge is 0.481 e. The molecule has 0 spiro atoms. The predicted molar refractivity (Wildman–Crippen MR) is 258 cm³/mol. The summed E-state index contributed by atoms with van der Waals surface area (Å²) in [6.07, 6.45) is 1.65. The maximum atomic E-state index is 13.1. The van der Waals surface area contributed by atoms with Crippen LogP contribution in [0.5, 0.6) is 0 Å². The summed E-state index contributed by atoms with van der Waals surface area (Å²) in [4.78, 5) is 106. The Bertz CT molecular complexity index is 2260. The summed E-state index contributed by atoms with van der Waals surface area (Å²) in [7, 11) is 0. The van der Waals surface area contributed by atoms with Crippen molar-refractivity contribution in [1.82, 2.24) is 31.1 Å². The lowest BCUT2D eigenvalue weighted by Crippen LogP contribution is -2.54. The number of imide groups is 2. The third kappa shape index (κ3) is 13.5. The van der Waals surface area contributed by atoms with Crippen molar-refractivity contribution in [3.63, 3.8) is 0 Å². The number of rotatable bonds is 16. The molecular formula is C48H66Cl2N8O10. The van der Waals surface area contributed by atoms with Gasteiger partial charge < -0.3 is 40.1 Å². The van der Waals surface area contributed by atoms with Crippen LogP contribution in [0, 0.1) is 0 Å². The molecule has 6 rings (SSSR count). The molecule has 18 nitrogen and oxygen atoms in total. The molecule has 2 unspecified atom stereocenters. The Balaban J connectivity index is 0.000000256. The number of urea groups is 2. The third-order valence-electron chi connectivity index (χ3n) is 12.9. The van der Waals surface area contributed by atoms with Gasteiger partial charge in [-0.25, -0.2) is 9.59 Å². The quantitative estimate of drug-likeness (QED) is 0.103. The van der Waals surface area contributed by atoms with Crippen LogP contribution in [0.2, 0.25) is 10.0 Å². The minimum Gasteiger partial charge on any atom is -0.481 e. The minimum atomic E-state index is -1.36. The average molecular weight is 986 g/mol. The summed E-state index contributed by atoms with van der Waals surface area (Å²) in [5, 5.41) is 20.1. The summed E-state index contributed by atoms with van der Waals surface area (Å²) in [6, 6.07) is 10.9. The number of aliphatic carboxylic acids is 1. The number of carbonyl (C=O) groups is 8. The summed E-state index contributed by atoms with van der Waals surface area (Å²) < 4.78 is 5.33. The molecule has 0 radical (unpaired) electrons. The molecule has 0 bridgehead atoms. The van der Waals surface area contributed by atoms with E-state index in [9.17, 15) is 38.4 Å². The van der Waals surface area contributed by atoms with E-state index in [0.717, 1.165) is 45.4 Å². The first-order chi connectivity index (χ1) is 32.0. The summed E-state index contributed by atoms with van der Waals surface area (Å²) in [5.41, 5.74) is 1.01. The molecule has 4 aliphatic heterocycles. The van der Waals surface area contributed by atoms with E-state index in [2.05, 4.69) is 70.9 Å². The minimum absolute atomic E-state index is 0.0426. The molecule has 2 aromatic carbocycles. The van der Waals surface area contributed by atoms with Crippen LogP contribution in [0.4, 0.5) is 21.0 Å². The second-order valence-corrected chi connectivity index (χ2v) is 19.8. The first-order valence-corrected chi connectivity index (χ1v) is 24.1. The predicted octanol–water partition coefficient (Wildman–Crippen LogP) is 5.58. The van der Waals surface area contributed by atoms with Crippen LogP contribution in [0.1, 0.15) is 111 Å². The van der Waals surface area contributed by atoms with Crippen LogP contribution in [-0.4, -0.2) is 131 Å². The second-order valence-electron chi connectivity index (χ2n) is 19.0. The van der Waals surface area contributed by atoms with Gasteiger partial charge in [-0.05, 0) is 121 Å². The van der Waals surface area contributed by atoms with Crippen LogP contribution in [0.25, 0.3) is 0 Å². The highest BCUT2D eigenvalue weighted by atomic mass is 35.5. The molecule has 4 atom stereocenters. The van der Waals surface area contributed by atoms with Gasteiger partial charge in [0.25, 0.3) is 11.8 Å². The Hall–Kier alpha value is -5.62. The number of halogens is 2. The molecule has 0 saturated carbocycles. The van der Waals surface area contributed by atoms with E-state index in [1.807, 2.05) is 24.3 Å². The fraction of sp³-hybridized carbons (Fsp3) is 0.583. The van der Waals surface area contributed by atoms with Crippen LogP contribution in [0.3, 0.4) is 0 Å². The van der Waals surface area contributed by atoms with Gasteiger partial charge in [-0.2, -0.15) is 0 Å². The number of hydrogen-bond acceptors (Lipinski definition) is 11. The summed E-state index contributed by atoms with van der Waals surface area (Å²) in [5.74, 6) is -2.83. The Labute approximate surface area is 408 Å². The molecule has 0 aliphatic carbocycles. The van der Waals surface area contributed by atoms with Gasteiger partial charge >= 0.3 is 24.0 Å². The van der Waals surface area contributed by atoms with Crippen LogP contribution in [-0.2, 0) is 46.3 Å². The van der Waals surface area contributed by atoms with Gasteiger partial charge in [0.2, 0.25) is 11.8 Å². The topological polar surface area (TPSA) is 227 Å². The number of carbonyl (C=O) groups excluding carboxylic acids is 7. The van der Waals surface area contributed by atoms with Crippen molar-refractivity contribution >= 4 is 82.2 Å². The number of benzene rings is 2. The highest BCUT2D eigenvalue weighted by Crippen LogP contribution is 2.31. The number of amides is 8. The number of carboxylic acid groups (broad SMARTS) is 1. The Kier molecular flexibility index (Phi) is 17.8. The molecular weight excluding hydrogens is 919 g/mol. The lowest BCUT2D eigenvalue weighted by atomic mass is 9.88. The molecule has 0 aromatic heterocycles. The first kappa shape index (κ1) is 53.3. The summed E-state index contributed by atoms with van der Waals surface area (Å²) in [6.45, 7) is 17.1. The molecule has 20 heteroatoms. The number of esters is 1. The SMILES string of the molecule is CCc1cc(N2CCN(C(=O)CCC3(CCC(=O)O)NC(=O)NC3=O)C[C@@H]2C)ccc1Cl.CCc1cc(N2CCN(C(=O)CCC3(CCC(=O)OC(C)(C)C)NC(=O)NC3=O)C[C@@H]2C)ccc1Cl. The summed E-state index contributed by atoms with van der Waals surface area (Å²) >= 11 is 12.5. The van der Waals surface area contributed by atoms with E-state index in [1.165, 1.54) is 0 Å². The number of nitrogens with zero attached hydrogens (tertiary/aromatic N) is 4. The normalized spacial score (nSPS) is 22.7. The van der Waals surface area contributed by atoms with Gasteiger partial charge in [0.15, 0.2) is 0 Å². The zero-order chi connectivity index (χ0) is 50.1. The smallest absolute Gasteiger partial charge is 0.322 e. The highest BCUT2D eigenvalue weighted by Gasteiger charge is 2.48. The van der Waals surface area contributed by atoms with Gasteiger partial charge in [0.05, 0.1) is 0 Å². The van der Waals surface area contributed by atoms with Crippen molar-refractivity contribution < 1.29 is 48.2 Å². The average Bonchev–Trinajstić information content (AvgIpc) is 3.73. The van der Waals surface area contributed by atoms with Crippen LogP contribution >= 0.6 is 23.2 Å². The number of carboxylic acids is 1. The molecule has 4 aliphatic rings. The van der Waals surface area contributed by atoms with Gasteiger partial charge in [-0.1, -0.05) is 37.0 Å². The molecule has 4 fully saturated rings. The van der Waals surface area contributed by atoms with Crippen LogP contribution in [0.15, 0.2) is 36.4 Å². The number of piperazine rings is 2. The molecule has 2 aromatic rings. The lowest BCUT2D eigenvalue weighted by molar-refractivity contribution is -0.155. The van der Waals surface area contributed by atoms with E-state index in [-0.39, 0.29) is 75.3 Å². The number of nitrogens with one attached hydrogen (secondary N) is 4. The second kappa shape index (κ2) is 22.7. The van der Waals surface area contributed by atoms with Crippen molar-refractivity contribution in [3.05, 3.63) is 57.6 Å². The van der Waals surface area contributed by atoms with Crippen molar-refractivity contribution in [2.75, 3.05) is 49.1 Å². The zero-order valence-corrected chi connectivity index (χ0v) is 41.6. The maximum Gasteiger partial charge on any atom is 0.322 e. The molecule has 4 heterocycles. The van der Waals surface area contributed by atoms with E-state index >= 15 is 0 Å². The third-order valence-corrected chi connectivity index (χ3v) is 13.7. The van der Waals surface area contributed by atoms with Gasteiger partial charge in [-0.15, -0.1) is 0 Å². The van der Waals surface area contributed by atoms with Gasteiger partial charge in [-0.3, -0.25) is 39.4 Å². The van der Waals surface area contributed by atoms with E-state index in [1.54, 1.807) is 30.6 Å². The molecule has 5 N–H and O–H groups in total. The number of hydrogen-bond donors (Lipinski definition) is 5. The zero-order valence-electron chi connectivity index (χ0n) is 40.1. The standard InChI is InChI=1S/C26H37ClN4O5.C22H29ClN4O5/c1-6-18-15-19(7-8-20(18)27)31-14-13-30(16-17(31)2)21(32)9-11-26(23(34)28-24(35)29-26)12-10-22(33)36-25(3,4)5;1-3-15-12-16(4-5-17(15)23)27-11-10-26(13-14(27)2)18(28)6-8-22(9-7-19(29)30)20(31)24-21(32)25-22/h7-8,15,17H,6,9-14,16H2,1-5H3,(H2,28,29,34,35);4-5,12,14H,3,6-11,13H2,1-2H3,(H,29,30)(H2,24,25,31,32)/t17-,26?;14-,22?/m00/s1. The van der Waals surface area contributed by atoms with Crippen molar-refractivity contribution in [3.8, 4) is 0 Å². The van der Waals surface area contributed by atoms with Crippen LogP contribution < -0.4 is 31.1 Å². The maximum absolute atomic E-state index is 13.1. The Morgan fingerprint density at radius 1 is 0.662 bits per heavy atom. The fourth-order valence-corrected chi connectivity index (χ4v) is 9.65. The van der Waals surface area contributed by atoms with Gasteiger partial charge in [0, 0.05) is 98.5 Å². The van der Waals surface area contributed by atoms with E-state index in [4.69, 9.17) is 33.0 Å². The highest BCUT2D eigenvalue weighted by molar-refractivity contribution is 6.31. The Morgan fingerprint density at radius 3 is 1.40 bits per heavy atom. The fourth-order valence-electron chi connectivity index (χ4n) is 9.15. The molecule has 68 heavy (non-hydrogen) atoms. The lowest BCUT2D eigenvalue weighted by Gasteiger charge is -2.41. The Morgan fingerprint density at radius 2 is 1.06 bits per heavy atom. The number of aryl methyl sites for hydroxylation is 2. The van der Waals surface area contributed by atoms with Gasteiger partial charge in [0.1, 0.15) is 16.7 Å². The number of ether oxygens (including phenoxy) is 1. The first-order valence-electron chi connectivity index (χ1n) is 23.3. The number of anilines is 2. The van der Waals surface area contributed by atoms with E-state index < -0.39 is 52.5 Å². The van der Waals surface area contributed by atoms with E-state index in [0.29, 0.717) is 39.3 Å².